The number of allylic oxidation sites excluding steroid dienone is 1. The standard InChI is InChI=1S/C31H54O2/c1-7-9-29(32)33-24-16-18-30(5)23(20-24)12-13-25-27-15-14-26(22(4)11-8-10-21(2)3)31(27,6)19-17-28(25)30/h12,21-22,24-29,32H,7-11,13-20H2,1-6H3/t22-,24?,25?,26-,27?,28?,29?,30+,31-/m1/s1. The third-order valence-corrected chi connectivity index (χ3v) is 11.1. The molecule has 4 aliphatic rings. The van der Waals surface area contributed by atoms with Crippen LogP contribution in [0, 0.1) is 46.3 Å². The smallest absolute Gasteiger partial charge is 0.154 e. The summed E-state index contributed by atoms with van der Waals surface area (Å²) in [5, 5.41) is 10.2. The lowest BCUT2D eigenvalue weighted by atomic mass is 9.47. The van der Waals surface area contributed by atoms with Crippen LogP contribution >= 0.6 is 0 Å². The SMILES string of the molecule is CCCC(O)OC1CC[C@@]2(C)C(=CCC3C2CC[C@@]2(C)C3CC[C@@H]2[C@H](C)CCCC(C)C)C1. The Bertz CT molecular complexity index is 682. The molecule has 0 radical (unpaired) electrons. The third kappa shape index (κ3) is 5.00. The van der Waals surface area contributed by atoms with E-state index in [2.05, 4.69) is 47.6 Å². The molecule has 1 N–H and O–H groups in total. The minimum absolute atomic E-state index is 0.221. The number of ether oxygens (including phenoxy) is 1. The van der Waals surface area contributed by atoms with Gasteiger partial charge in [0.2, 0.25) is 0 Å². The van der Waals surface area contributed by atoms with Crippen molar-refractivity contribution < 1.29 is 9.84 Å². The van der Waals surface area contributed by atoms with Crippen LogP contribution in [-0.2, 0) is 4.74 Å². The van der Waals surface area contributed by atoms with Crippen molar-refractivity contribution in [1.29, 1.82) is 0 Å². The van der Waals surface area contributed by atoms with E-state index in [0.29, 0.717) is 10.8 Å². The minimum atomic E-state index is -0.574. The van der Waals surface area contributed by atoms with Crippen LogP contribution in [0.1, 0.15) is 125 Å². The van der Waals surface area contributed by atoms with E-state index in [1.54, 1.807) is 5.57 Å². The lowest BCUT2D eigenvalue weighted by Crippen LogP contribution is -2.51. The van der Waals surface area contributed by atoms with Gasteiger partial charge in [-0.05, 0) is 104 Å². The highest BCUT2D eigenvalue weighted by Gasteiger charge is 2.59. The molecular weight excluding hydrogens is 404 g/mol. The molecule has 4 aliphatic carbocycles. The van der Waals surface area contributed by atoms with Crippen LogP contribution in [0.15, 0.2) is 11.6 Å². The molecule has 5 unspecified atom stereocenters. The second-order valence-electron chi connectivity index (χ2n) is 13.5. The number of hydrogen-bond donors (Lipinski definition) is 1. The maximum absolute atomic E-state index is 10.2. The predicted molar refractivity (Wildman–Crippen MR) is 139 cm³/mol. The molecule has 0 saturated heterocycles. The molecule has 33 heavy (non-hydrogen) atoms. The van der Waals surface area contributed by atoms with Crippen LogP contribution in [0.25, 0.3) is 0 Å². The molecule has 0 aromatic carbocycles. The van der Waals surface area contributed by atoms with Gasteiger partial charge in [0.05, 0.1) is 6.10 Å². The highest BCUT2D eigenvalue weighted by Crippen LogP contribution is 2.67. The first kappa shape index (κ1) is 25.7. The van der Waals surface area contributed by atoms with Crippen molar-refractivity contribution in [3.63, 3.8) is 0 Å². The van der Waals surface area contributed by atoms with E-state index < -0.39 is 6.29 Å². The molecule has 4 rings (SSSR count). The summed E-state index contributed by atoms with van der Waals surface area (Å²) in [5.74, 6) is 5.38. The number of fused-ring (bicyclic) bond motifs is 5. The average molecular weight is 459 g/mol. The molecule has 0 amide bonds. The molecule has 9 atom stereocenters. The summed E-state index contributed by atoms with van der Waals surface area (Å²) in [4.78, 5) is 0. The number of aliphatic hydroxyl groups excluding tert-OH is 1. The monoisotopic (exact) mass is 458 g/mol. The largest absolute Gasteiger partial charge is 0.368 e. The van der Waals surface area contributed by atoms with Gasteiger partial charge in [0.1, 0.15) is 0 Å². The summed E-state index contributed by atoms with van der Waals surface area (Å²) >= 11 is 0. The molecule has 0 aliphatic heterocycles. The van der Waals surface area contributed by atoms with Crippen LogP contribution in [0.3, 0.4) is 0 Å². The normalized spacial score (nSPS) is 42.3. The topological polar surface area (TPSA) is 29.5 Å². The van der Waals surface area contributed by atoms with Crippen molar-refractivity contribution in [2.75, 3.05) is 0 Å². The Morgan fingerprint density at radius 1 is 1.00 bits per heavy atom. The summed E-state index contributed by atoms with van der Waals surface area (Å²) < 4.78 is 6.05. The van der Waals surface area contributed by atoms with Gasteiger partial charge in [-0.3, -0.25) is 0 Å². The number of rotatable bonds is 9. The molecule has 0 spiro atoms. The summed E-state index contributed by atoms with van der Waals surface area (Å²) in [5.41, 5.74) is 2.62. The lowest BCUT2D eigenvalue weighted by Gasteiger charge is -2.58. The van der Waals surface area contributed by atoms with Crippen LogP contribution in [-0.4, -0.2) is 17.5 Å². The molecule has 2 nitrogen and oxygen atoms in total. The fourth-order valence-electron chi connectivity index (χ4n) is 9.31. The van der Waals surface area contributed by atoms with Crippen molar-refractivity contribution in [1.82, 2.24) is 0 Å². The van der Waals surface area contributed by atoms with Crippen molar-refractivity contribution in [3.8, 4) is 0 Å². The van der Waals surface area contributed by atoms with Gasteiger partial charge in [-0.15, -0.1) is 0 Å². The van der Waals surface area contributed by atoms with E-state index >= 15 is 0 Å². The Morgan fingerprint density at radius 3 is 2.52 bits per heavy atom. The van der Waals surface area contributed by atoms with E-state index in [4.69, 9.17) is 4.74 Å². The predicted octanol–water partition coefficient (Wildman–Crippen LogP) is 8.53. The first-order valence-electron chi connectivity index (χ1n) is 14.7. The van der Waals surface area contributed by atoms with Gasteiger partial charge in [0, 0.05) is 0 Å². The molecule has 0 aromatic heterocycles. The summed E-state index contributed by atoms with van der Waals surface area (Å²) in [6, 6.07) is 0. The van der Waals surface area contributed by atoms with Crippen LogP contribution < -0.4 is 0 Å². The lowest BCUT2D eigenvalue weighted by molar-refractivity contribution is -0.152. The molecule has 3 saturated carbocycles. The van der Waals surface area contributed by atoms with Crippen molar-refractivity contribution >= 4 is 0 Å². The van der Waals surface area contributed by atoms with Gasteiger partial charge < -0.3 is 9.84 Å². The zero-order valence-electron chi connectivity index (χ0n) is 22.7. The third-order valence-electron chi connectivity index (χ3n) is 11.1. The van der Waals surface area contributed by atoms with Crippen LogP contribution in [0.5, 0.6) is 0 Å². The molecule has 190 valence electrons. The summed E-state index contributed by atoms with van der Waals surface area (Å²) in [6.07, 6.45) is 18.9. The van der Waals surface area contributed by atoms with Gasteiger partial charge in [0.15, 0.2) is 6.29 Å². The van der Waals surface area contributed by atoms with E-state index in [1.807, 2.05) is 0 Å². The van der Waals surface area contributed by atoms with Crippen molar-refractivity contribution in [2.45, 2.75) is 137 Å². The van der Waals surface area contributed by atoms with E-state index in [1.165, 1.54) is 57.8 Å². The van der Waals surface area contributed by atoms with E-state index in [9.17, 15) is 5.11 Å². The average Bonchev–Trinajstić information content (AvgIpc) is 3.11. The Labute approximate surface area is 205 Å². The Hall–Kier alpha value is -0.340. The van der Waals surface area contributed by atoms with Gasteiger partial charge in [-0.2, -0.15) is 0 Å². The zero-order chi connectivity index (χ0) is 23.8. The highest BCUT2D eigenvalue weighted by molar-refractivity contribution is 5.25. The fourth-order valence-corrected chi connectivity index (χ4v) is 9.31. The number of hydrogen-bond acceptors (Lipinski definition) is 2. The first-order chi connectivity index (χ1) is 15.7. The first-order valence-corrected chi connectivity index (χ1v) is 14.7. The highest BCUT2D eigenvalue weighted by atomic mass is 16.6. The summed E-state index contributed by atoms with van der Waals surface area (Å²) in [6.45, 7) is 14.7. The van der Waals surface area contributed by atoms with Crippen LogP contribution in [0.2, 0.25) is 0 Å². The molecule has 0 bridgehead atoms. The quantitative estimate of drug-likeness (QED) is 0.277. The summed E-state index contributed by atoms with van der Waals surface area (Å²) in [7, 11) is 0. The van der Waals surface area contributed by atoms with Gasteiger partial charge in [-0.1, -0.05) is 78.9 Å². The number of aliphatic hydroxyl groups is 1. The Kier molecular flexibility index (Phi) is 8.06. The molecule has 3 fully saturated rings. The molecular formula is C31H54O2. The zero-order valence-corrected chi connectivity index (χ0v) is 22.7. The van der Waals surface area contributed by atoms with Gasteiger partial charge >= 0.3 is 0 Å². The van der Waals surface area contributed by atoms with Crippen molar-refractivity contribution in [2.24, 2.45) is 46.3 Å². The fraction of sp³-hybridized carbons (Fsp3) is 0.935. The Morgan fingerprint density at radius 2 is 1.79 bits per heavy atom. The second kappa shape index (κ2) is 10.3. The van der Waals surface area contributed by atoms with E-state index in [0.717, 1.165) is 61.2 Å². The van der Waals surface area contributed by atoms with Crippen LogP contribution in [0.4, 0.5) is 0 Å². The minimum Gasteiger partial charge on any atom is -0.368 e. The van der Waals surface area contributed by atoms with E-state index in [-0.39, 0.29) is 6.10 Å². The van der Waals surface area contributed by atoms with Gasteiger partial charge in [-0.25, -0.2) is 0 Å². The van der Waals surface area contributed by atoms with Gasteiger partial charge in [0.25, 0.3) is 0 Å². The maximum Gasteiger partial charge on any atom is 0.154 e. The Balaban J connectivity index is 1.43. The molecule has 2 heteroatoms. The second-order valence-corrected chi connectivity index (χ2v) is 13.5. The van der Waals surface area contributed by atoms with Crippen molar-refractivity contribution in [3.05, 3.63) is 11.6 Å². The maximum atomic E-state index is 10.2. The molecule has 0 aromatic rings. The molecule has 0 heterocycles.